The first-order valence-electron chi connectivity index (χ1n) is 11.0. The number of halogens is 1. The first-order chi connectivity index (χ1) is 14.4. The second kappa shape index (κ2) is 8.38. The Balaban J connectivity index is 1.53. The molecule has 2 aliphatic heterocycles. The van der Waals surface area contributed by atoms with Crippen LogP contribution in [0.2, 0.25) is 0 Å². The predicted octanol–water partition coefficient (Wildman–Crippen LogP) is 3.22. The fourth-order valence-electron chi connectivity index (χ4n) is 5.07. The first-order valence-corrected chi connectivity index (χ1v) is 11.0. The number of allylic oxidation sites excluding steroid dienone is 1. The SMILES string of the molecule is C=C1CCC(N2Cc3c(ccc(O[C@@H]4CCC[C@H]4N(CC)CC)c3F)C2=O)C(=O)N1. The number of amides is 2. The summed E-state index contributed by atoms with van der Waals surface area (Å²) in [5.74, 6) is -0.828. The molecule has 30 heavy (non-hydrogen) atoms. The molecule has 1 saturated heterocycles. The van der Waals surface area contributed by atoms with E-state index in [4.69, 9.17) is 4.74 Å². The number of ether oxygens (including phenoxy) is 1. The van der Waals surface area contributed by atoms with E-state index in [2.05, 4.69) is 30.6 Å². The number of likely N-dealkylation sites (N-methyl/N-ethyl adjacent to an activating group) is 1. The quantitative estimate of drug-likeness (QED) is 0.775. The van der Waals surface area contributed by atoms with E-state index in [1.807, 2.05) is 0 Å². The second-order valence-electron chi connectivity index (χ2n) is 8.36. The Morgan fingerprint density at radius 2 is 2.00 bits per heavy atom. The highest BCUT2D eigenvalue weighted by atomic mass is 19.1. The molecule has 7 heteroatoms. The van der Waals surface area contributed by atoms with Crippen molar-refractivity contribution < 1.29 is 18.7 Å². The molecule has 162 valence electrons. The largest absolute Gasteiger partial charge is 0.486 e. The Morgan fingerprint density at radius 3 is 2.70 bits per heavy atom. The summed E-state index contributed by atoms with van der Waals surface area (Å²) in [6.45, 7) is 10.00. The number of fused-ring (bicyclic) bond motifs is 1. The van der Waals surface area contributed by atoms with Crippen LogP contribution >= 0.6 is 0 Å². The van der Waals surface area contributed by atoms with Crippen molar-refractivity contribution in [2.75, 3.05) is 13.1 Å². The van der Waals surface area contributed by atoms with Crippen LogP contribution in [0.4, 0.5) is 4.39 Å². The molecule has 0 spiro atoms. The molecule has 1 saturated carbocycles. The van der Waals surface area contributed by atoms with Crippen LogP contribution in [0.25, 0.3) is 0 Å². The maximum atomic E-state index is 15.4. The maximum absolute atomic E-state index is 15.4. The third-order valence-corrected chi connectivity index (χ3v) is 6.70. The number of nitrogens with zero attached hydrogens (tertiary/aromatic N) is 2. The van der Waals surface area contributed by atoms with Crippen molar-refractivity contribution in [3.8, 4) is 5.75 Å². The van der Waals surface area contributed by atoms with Crippen molar-refractivity contribution in [2.45, 2.75) is 70.7 Å². The normalized spacial score (nSPS) is 26.3. The van der Waals surface area contributed by atoms with Gasteiger partial charge in [-0.25, -0.2) is 4.39 Å². The lowest BCUT2D eigenvalue weighted by atomic mass is 10.0. The van der Waals surface area contributed by atoms with Gasteiger partial charge < -0.3 is 15.0 Å². The first kappa shape index (κ1) is 20.8. The van der Waals surface area contributed by atoms with E-state index < -0.39 is 11.9 Å². The van der Waals surface area contributed by atoms with Gasteiger partial charge in [0.05, 0.1) is 6.54 Å². The van der Waals surface area contributed by atoms with Crippen LogP contribution in [0.15, 0.2) is 24.4 Å². The summed E-state index contributed by atoms with van der Waals surface area (Å²) in [6.07, 6.45) is 4.07. The average molecular weight is 416 g/mol. The molecule has 1 unspecified atom stereocenters. The van der Waals surface area contributed by atoms with Crippen LogP contribution < -0.4 is 10.1 Å². The zero-order valence-electron chi connectivity index (χ0n) is 17.7. The second-order valence-corrected chi connectivity index (χ2v) is 8.36. The summed E-state index contributed by atoms with van der Waals surface area (Å²) in [5.41, 5.74) is 1.30. The monoisotopic (exact) mass is 415 g/mol. The number of carbonyl (C=O) groups is 2. The van der Waals surface area contributed by atoms with Gasteiger partial charge in [0, 0.05) is 22.9 Å². The molecule has 1 N–H and O–H groups in total. The fourth-order valence-corrected chi connectivity index (χ4v) is 5.07. The molecular weight excluding hydrogens is 385 g/mol. The van der Waals surface area contributed by atoms with Crippen molar-refractivity contribution in [2.24, 2.45) is 0 Å². The van der Waals surface area contributed by atoms with Crippen LogP contribution in [-0.4, -0.2) is 52.9 Å². The topological polar surface area (TPSA) is 61.9 Å². The minimum absolute atomic E-state index is 0.0548. The molecular formula is C23H30FN3O3. The van der Waals surface area contributed by atoms with E-state index in [0.717, 1.165) is 32.4 Å². The predicted molar refractivity (Wildman–Crippen MR) is 112 cm³/mol. The number of carbonyl (C=O) groups excluding carboxylic acids is 2. The van der Waals surface area contributed by atoms with E-state index in [1.54, 1.807) is 12.1 Å². The van der Waals surface area contributed by atoms with Gasteiger partial charge in [0.25, 0.3) is 5.91 Å². The Bertz CT molecular complexity index is 867. The Morgan fingerprint density at radius 1 is 1.23 bits per heavy atom. The van der Waals surface area contributed by atoms with Crippen LogP contribution in [0.5, 0.6) is 5.75 Å². The highest BCUT2D eigenvalue weighted by Gasteiger charge is 2.40. The lowest BCUT2D eigenvalue weighted by Crippen LogP contribution is -2.49. The summed E-state index contributed by atoms with van der Waals surface area (Å²) >= 11 is 0. The van der Waals surface area contributed by atoms with Crippen LogP contribution in [-0.2, 0) is 11.3 Å². The Hall–Kier alpha value is -2.41. The average Bonchev–Trinajstić information content (AvgIpc) is 3.31. The van der Waals surface area contributed by atoms with E-state index in [1.165, 1.54) is 4.90 Å². The number of hydrogen-bond donors (Lipinski definition) is 1. The molecule has 2 heterocycles. The number of rotatable bonds is 6. The molecule has 0 aromatic heterocycles. The molecule has 2 fully saturated rings. The third kappa shape index (κ3) is 3.60. The summed E-state index contributed by atoms with van der Waals surface area (Å²) in [7, 11) is 0. The summed E-state index contributed by atoms with van der Waals surface area (Å²) < 4.78 is 21.5. The van der Waals surface area contributed by atoms with Gasteiger partial charge in [-0.2, -0.15) is 0 Å². The standard InChI is InChI=1S/C23H30FN3O3/c1-4-26(5-2)17-7-6-8-19(17)30-20-12-10-15-16(21(20)24)13-27(23(15)29)18-11-9-14(3)25-22(18)28/h10,12,17-19H,3-9,11,13H2,1-2H3,(H,25,28)/t17-,18?,19-/m1/s1. The summed E-state index contributed by atoms with van der Waals surface area (Å²) in [5, 5.41) is 2.70. The number of piperidine rings is 1. The van der Waals surface area contributed by atoms with Gasteiger partial charge in [0.15, 0.2) is 11.6 Å². The maximum Gasteiger partial charge on any atom is 0.255 e. The van der Waals surface area contributed by atoms with Gasteiger partial charge in [0.1, 0.15) is 12.1 Å². The minimum Gasteiger partial charge on any atom is -0.486 e. The highest BCUT2D eigenvalue weighted by molar-refractivity contribution is 6.01. The fraction of sp³-hybridized carbons (Fsp3) is 0.565. The van der Waals surface area contributed by atoms with E-state index in [9.17, 15) is 9.59 Å². The van der Waals surface area contributed by atoms with Crippen molar-refractivity contribution in [1.82, 2.24) is 15.1 Å². The van der Waals surface area contributed by atoms with E-state index >= 15 is 4.39 Å². The third-order valence-electron chi connectivity index (χ3n) is 6.70. The molecule has 1 aromatic carbocycles. The summed E-state index contributed by atoms with van der Waals surface area (Å²) in [6, 6.07) is 2.89. The van der Waals surface area contributed by atoms with Crippen molar-refractivity contribution in [1.29, 1.82) is 0 Å². The van der Waals surface area contributed by atoms with Crippen LogP contribution in [0, 0.1) is 5.82 Å². The molecule has 3 atom stereocenters. The molecule has 4 rings (SSSR count). The Kier molecular flexibility index (Phi) is 5.82. The number of hydrogen-bond acceptors (Lipinski definition) is 4. The lowest BCUT2D eigenvalue weighted by molar-refractivity contribution is -0.126. The van der Waals surface area contributed by atoms with Gasteiger partial charge in [-0.1, -0.05) is 20.4 Å². The van der Waals surface area contributed by atoms with Gasteiger partial charge >= 0.3 is 0 Å². The molecule has 1 aromatic rings. The molecule has 0 radical (unpaired) electrons. The van der Waals surface area contributed by atoms with Gasteiger partial charge in [-0.3, -0.25) is 14.5 Å². The number of benzene rings is 1. The lowest BCUT2D eigenvalue weighted by Gasteiger charge is -2.31. The van der Waals surface area contributed by atoms with Crippen molar-refractivity contribution >= 4 is 11.8 Å². The van der Waals surface area contributed by atoms with Gasteiger partial charge in [0.2, 0.25) is 5.91 Å². The zero-order valence-corrected chi connectivity index (χ0v) is 17.7. The van der Waals surface area contributed by atoms with Gasteiger partial charge in [-0.05, 0) is 57.3 Å². The van der Waals surface area contributed by atoms with E-state index in [-0.39, 0.29) is 36.3 Å². The van der Waals surface area contributed by atoms with Crippen molar-refractivity contribution in [3.05, 3.63) is 41.4 Å². The van der Waals surface area contributed by atoms with Gasteiger partial charge in [-0.15, -0.1) is 0 Å². The smallest absolute Gasteiger partial charge is 0.255 e. The summed E-state index contributed by atoms with van der Waals surface area (Å²) in [4.78, 5) is 29.0. The molecule has 0 bridgehead atoms. The minimum atomic E-state index is -0.596. The molecule has 6 nitrogen and oxygen atoms in total. The highest BCUT2D eigenvalue weighted by Crippen LogP contribution is 2.36. The molecule has 1 aliphatic carbocycles. The van der Waals surface area contributed by atoms with Crippen molar-refractivity contribution in [3.63, 3.8) is 0 Å². The van der Waals surface area contributed by atoms with E-state index in [0.29, 0.717) is 29.7 Å². The van der Waals surface area contributed by atoms with Crippen LogP contribution in [0.3, 0.4) is 0 Å². The zero-order chi connectivity index (χ0) is 21.4. The molecule has 2 amide bonds. The van der Waals surface area contributed by atoms with Crippen LogP contribution in [0.1, 0.15) is 61.9 Å². The molecule has 3 aliphatic rings. The Labute approximate surface area is 177 Å². The number of nitrogens with one attached hydrogen (secondary N) is 1.